The molecular formula is C17H24IN3O3S. The second-order valence-corrected chi connectivity index (χ2v) is 7.35. The minimum Gasteiger partial charge on any atom is -0.442 e. The molecule has 0 aromatic carbocycles. The molecule has 1 aromatic rings. The van der Waals surface area contributed by atoms with Crippen LogP contribution >= 0.6 is 33.9 Å². The molecule has 1 aromatic heterocycles. The van der Waals surface area contributed by atoms with Crippen molar-refractivity contribution in [1.82, 2.24) is 15.2 Å². The molecule has 0 radical (unpaired) electrons. The van der Waals surface area contributed by atoms with Crippen molar-refractivity contribution in [3.8, 4) is 0 Å². The largest absolute Gasteiger partial charge is 0.442 e. The highest BCUT2D eigenvalue weighted by Gasteiger charge is 2.16. The molecule has 6 nitrogen and oxygen atoms in total. The number of ether oxygens (including phenoxy) is 1. The molecule has 1 heterocycles. The van der Waals surface area contributed by atoms with Crippen LogP contribution in [0.2, 0.25) is 0 Å². The van der Waals surface area contributed by atoms with E-state index < -0.39 is 6.09 Å². The molecule has 1 aliphatic rings. The number of halogens is 1. The number of nitrogens with zero attached hydrogens (tertiary/aromatic N) is 2. The fourth-order valence-electron chi connectivity index (χ4n) is 2.59. The van der Waals surface area contributed by atoms with Gasteiger partial charge in [0, 0.05) is 18.5 Å². The number of amides is 2. The average molecular weight is 477 g/mol. The zero-order valence-electron chi connectivity index (χ0n) is 14.2. The van der Waals surface area contributed by atoms with Crippen molar-refractivity contribution in [1.29, 1.82) is 0 Å². The highest BCUT2D eigenvalue weighted by Crippen LogP contribution is 2.14. The predicted molar refractivity (Wildman–Crippen MR) is 107 cm³/mol. The van der Waals surface area contributed by atoms with E-state index in [2.05, 4.69) is 16.4 Å². The van der Waals surface area contributed by atoms with Gasteiger partial charge in [0.2, 0.25) is 5.91 Å². The van der Waals surface area contributed by atoms with Gasteiger partial charge < -0.3 is 15.0 Å². The number of hydrogen-bond donors (Lipinski definition) is 1. The fraction of sp³-hybridized carbons (Fsp3) is 0.588. The van der Waals surface area contributed by atoms with E-state index in [1.54, 1.807) is 10.4 Å². The Morgan fingerprint density at radius 2 is 2.28 bits per heavy atom. The molecular weight excluding hydrogens is 453 g/mol. The summed E-state index contributed by atoms with van der Waals surface area (Å²) >= 11 is 3.55. The molecule has 1 N–H and O–H groups in total. The molecule has 1 atom stereocenters. The van der Waals surface area contributed by atoms with Gasteiger partial charge in [-0.05, 0) is 31.8 Å². The number of carbonyl (C=O) groups excluding carboxylic acids is 2. The number of alkyl halides is 1. The van der Waals surface area contributed by atoms with E-state index in [0.29, 0.717) is 24.1 Å². The molecule has 2 rings (SSSR count). The SMILES string of the molecule is O=C(NCCN(Cc1cscn1)C(=O)CI)OC1/C=C\CCCCC1. The van der Waals surface area contributed by atoms with E-state index >= 15 is 0 Å². The quantitative estimate of drug-likeness (QED) is 0.371. The van der Waals surface area contributed by atoms with Crippen molar-refractivity contribution >= 4 is 45.9 Å². The summed E-state index contributed by atoms with van der Waals surface area (Å²) < 4.78 is 5.85. The fourth-order valence-corrected chi connectivity index (χ4v) is 3.62. The number of carbonyl (C=O) groups is 2. The summed E-state index contributed by atoms with van der Waals surface area (Å²) in [6.45, 7) is 1.27. The van der Waals surface area contributed by atoms with Crippen LogP contribution in [0.15, 0.2) is 23.0 Å². The van der Waals surface area contributed by atoms with E-state index in [0.717, 1.165) is 25.0 Å². The van der Waals surface area contributed by atoms with Gasteiger partial charge in [-0.3, -0.25) is 4.79 Å². The van der Waals surface area contributed by atoms with E-state index in [1.165, 1.54) is 24.2 Å². The van der Waals surface area contributed by atoms with Gasteiger partial charge in [0.15, 0.2) is 0 Å². The van der Waals surface area contributed by atoms with Gasteiger partial charge in [-0.25, -0.2) is 9.78 Å². The summed E-state index contributed by atoms with van der Waals surface area (Å²) in [7, 11) is 0. The van der Waals surface area contributed by atoms with Crippen LogP contribution in [0.3, 0.4) is 0 Å². The lowest BCUT2D eigenvalue weighted by Crippen LogP contribution is -2.39. The second kappa shape index (κ2) is 11.5. The third-order valence-electron chi connectivity index (χ3n) is 3.92. The number of hydrogen-bond acceptors (Lipinski definition) is 5. The lowest BCUT2D eigenvalue weighted by Gasteiger charge is -2.22. The Bertz CT molecular complexity index is 565. The molecule has 25 heavy (non-hydrogen) atoms. The number of thiazole rings is 1. The Kier molecular flexibility index (Phi) is 9.23. The highest BCUT2D eigenvalue weighted by atomic mass is 127. The predicted octanol–water partition coefficient (Wildman–Crippen LogP) is 3.52. The third kappa shape index (κ3) is 7.72. The van der Waals surface area contributed by atoms with Crippen molar-refractivity contribution in [2.45, 2.75) is 44.8 Å². The summed E-state index contributed by atoms with van der Waals surface area (Å²) in [5.74, 6) is 0.0340. The first kappa shape index (κ1) is 20.2. The average Bonchev–Trinajstić information content (AvgIpc) is 3.08. The summed E-state index contributed by atoms with van der Waals surface area (Å²) in [6.07, 6.45) is 8.86. The molecule has 8 heteroatoms. The molecule has 2 amide bonds. The second-order valence-electron chi connectivity index (χ2n) is 5.87. The van der Waals surface area contributed by atoms with E-state index in [-0.39, 0.29) is 12.0 Å². The van der Waals surface area contributed by atoms with E-state index in [4.69, 9.17) is 4.74 Å². The molecule has 0 saturated heterocycles. The van der Waals surface area contributed by atoms with Crippen molar-refractivity contribution in [2.75, 3.05) is 17.5 Å². The maximum Gasteiger partial charge on any atom is 0.407 e. The van der Waals surface area contributed by atoms with E-state index in [1.807, 2.05) is 34.0 Å². The minimum absolute atomic E-state index is 0.0340. The Balaban J connectivity index is 1.75. The monoisotopic (exact) mass is 477 g/mol. The van der Waals surface area contributed by atoms with Crippen molar-refractivity contribution in [2.24, 2.45) is 0 Å². The first-order chi connectivity index (χ1) is 12.2. The number of allylic oxidation sites excluding steroid dienone is 1. The van der Waals surface area contributed by atoms with Crippen LogP contribution in [-0.2, 0) is 16.1 Å². The third-order valence-corrected chi connectivity index (χ3v) is 5.21. The van der Waals surface area contributed by atoms with Crippen LogP contribution in [0, 0.1) is 0 Å². The van der Waals surface area contributed by atoms with Crippen LogP contribution in [0.4, 0.5) is 4.79 Å². The molecule has 0 spiro atoms. The highest BCUT2D eigenvalue weighted by molar-refractivity contribution is 14.1. The summed E-state index contributed by atoms with van der Waals surface area (Å²) in [4.78, 5) is 29.9. The van der Waals surface area contributed by atoms with Gasteiger partial charge in [0.1, 0.15) is 6.10 Å². The van der Waals surface area contributed by atoms with Gasteiger partial charge in [0.05, 0.1) is 22.2 Å². The van der Waals surface area contributed by atoms with E-state index in [9.17, 15) is 9.59 Å². The van der Waals surface area contributed by atoms with Crippen molar-refractivity contribution in [3.05, 3.63) is 28.7 Å². The summed E-state index contributed by atoms with van der Waals surface area (Å²) in [6, 6.07) is 0. The van der Waals surface area contributed by atoms with Gasteiger partial charge in [-0.15, -0.1) is 11.3 Å². The number of aromatic nitrogens is 1. The summed E-state index contributed by atoms with van der Waals surface area (Å²) in [5, 5.41) is 4.67. The normalized spacial score (nSPS) is 18.7. The minimum atomic E-state index is -0.425. The zero-order chi connectivity index (χ0) is 17.9. The number of rotatable bonds is 7. The van der Waals surface area contributed by atoms with Crippen molar-refractivity contribution in [3.63, 3.8) is 0 Å². The van der Waals surface area contributed by atoms with Crippen molar-refractivity contribution < 1.29 is 14.3 Å². The molecule has 0 saturated carbocycles. The zero-order valence-corrected chi connectivity index (χ0v) is 17.1. The maximum atomic E-state index is 12.0. The van der Waals surface area contributed by atoms with Crippen LogP contribution in [0.5, 0.6) is 0 Å². The van der Waals surface area contributed by atoms with Gasteiger partial charge in [-0.2, -0.15) is 0 Å². The van der Waals surface area contributed by atoms with Crippen LogP contribution in [-0.4, -0.2) is 45.5 Å². The first-order valence-electron chi connectivity index (χ1n) is 8.51. The summed E-state index contributed by atoms with van der Waals surface area (Å²) in [5.41, 5.74) is 2.62. The molecule has 1 aliphatic carbocycles. The molecule has 138 valence electrons. The van der Waals surface area contributed by atoms with Crippen LogP contribution < -0.4 is 5.32 Å². The van der Waals surface area contributed by atoms with Gasteiger partial charge in [0.25, 0.3) is 0 Å². The topological polar surface area (TPSA) is 71.5 Å². The molecule has 0 aliphatic heterocycles. The lowest BCUT2D eigenvalue weighted by atomic mass is 10.0. The molecule has 0 bridgehead atoms. The number of alkyl carbamates (subject to hydrolysis) is 1. The Morgan fingerprint density at radius 1 is 1.40 bits per heavy atom. The van der Waals surface area contributed by atoms with Crippen LogP contribution in [0.25, 0.3) is 0 Å². The standard InChI is InChI=1S/C17H24IN3O3S/c18-10-16(22)21(11-14-12-25-13-20-14)9-8-19-17(23)24-15-6-4-2-1-3-5-7-15/h4,6,12-13,15H,1-3,5,7-11H2,(H,19,23)/b6-4-. The smallest absolute Gasteiger partial charge is 0.407 e. The number of nitrogens with one attached hydrogen (secondary N) is 1. The Labute approximate surface area is 166 Å². The Morgan fingerprint density at radius 3 is 3.04 bits per heavy atom. The maximum absolute atomic E-state index is 12.0. The molecule has 1 unspecified atom stereocenters. The molecule has 0 fully saturated rings. The first-order valence-corrected chi connectivity index (χ1v) is 11.0. The van der Waals surface area contributed by atoms with Gasteiger partial charge in [-0.1, -0.05) is 35.1 Å². The lowest BCUT2D eigenvalue weighted by molar-refractivity contribution is -0.128. The van der Waals surface area contributed by atoms with Crippen LogP contribution in [0.1, 0.15) is 37.8 Å². The van der Waals surface area contributed by atoms with Gasteiger partial charge >= 0.3 is 6.09 Å². The Hall–Kier alpha value is -1.16.